The summed E-state index contributed by atoms with van der Waals surface area (Å²) in [5.41, 5.74) is 13.6. The van der Waals surface area contributed by atoms with E-state index in [0.29, 0.717) is 0 Å². The molecular weight excluding hydrogens is 635 g/mol. The zero-order valence-corrected chi connectivity index (χ0v) is 29.4. The standard InChI is InChI=1S/C49H35NS/c1-49(2)44-29-35-16-7-6-15-34(35)28-43(44)40-25-23-37(30-45(40)49)50(38-24-26-42-41-20-9-11-22-47(41)51-48(42)31-38)46-21-10-8-19-39(46)36-18-12-17-33(27-36)32-13-4-3-5-14-32/h3-31H,1-2H3. The fraction of sp³-hybridized carbons (Fsp3) is 0.0612. The Morgan fingerprint density at radius 2 is 1.06 bits per heavy atom. The molecule has 0 amide bonds. The maximum atomic E-state index is 2.48. The van der Waals surface area contributed by atoms with Gasteiger partial charge in [0.1, 0.15) is 0 Å². The first-order valence-corrected chi connectivity index (χ1v) is 18.5. The molecule has 0 unspecified atom stereocenters. The van der Waals surface area contributed by atoms with E-state index in [1.54, 1.807) is 0 Å². The van der Waals surface area contributed by atoms with E-state index in [1.807, 2.05) is 11.3 Å². The van der Waals surface area contributed by atoms with Crippen LogP contribution in [0.4, 0.5) is 17.1 Å². The number of para-hydroxylation sites is 1. The molecule has 1 aliphatic rings. The monoisotopic (exact) mass is 669 g/mol. The van der Waals surface area contributed by atoms with Crippen molar-refractivity contribution in [2.75, 3.05) is 4.90 Å². The maximum absolute atomic E-state index is 2.48. The van der Waals surface area contributed by atoms with E-state index in [1.165, 1.54) is 75.5 Å². The van der Waals surface area contributed by atoms with E-state index in [9.17, 15) is 0 Å². The van der Waals surface area contributed by atoms with Crippen LogP contribution in [0.25, 0.3) is 64.3 Å². The van der Waals surface area contributed by atoms with Crippen LogP contribution in [-0.4, -0.2) is 0 Å². The summed E-state index contributed by atoms with van der Waals surface area (Å²) in [5, 5.41) is 5.20. The first-order chi connectivity index (χ1) is 25.0. The summed E-state index contributed by atoms with van der Waals surface area (Å²) in [4.78, 5) is 2.48. The molecule has 1 heterocycles. The van der Waals surface area contributed by atoms with Gasteiger partial charge in [-0.25, -0.2) is 0 Å². The Morgan fingerprint density at radius 3 is 1.94 bits per heavy atom. The summed E-state index contributed by atoms with van der Waals surface area (Å²) in [7, 11) is 0. The van der Waals surface area contributed by atoms with E-state index in [2.05, 4.69) is 195 Å². The maximum Gasteiger partial charge on any atom is 0.0540 e. The summed E-state index contributed by atoms with van der Waals surface area (Å²) < 4.78 is 2.61. The van der Waals surface area contributed by atoms with Crippen molar-refractivity contribution >= 4 is 59.3 Å². The van der Waals surface area contributed by atoms with Gasteiger partial charge in [-0.05, 0) is 104 Å². The summed E-state index contributed by atoms with van der Waals surface area (Å²) in [6.45, 7) is 4.76. The Morgan fingerprint density at radius 1 is 0.412 bits per heavy atom. The SMILES string of the molecule is CC1(C)c2cc(N(c3ccc4c(c3)sc3ccccc34)c3ccccc3-c3cccc(-c4ccccc4)c3)ccc2-c2cc3ccccc3cc21. The van der Waals surface area contributed by atoms with Crippen LogP contribution in [0.5, 0.6) is 0 Å². The summed E-state index contributed by atoms with van der Waals surface area (Å²) in [6.07, 6.45) is 0. The predicted octanol–water partition coefficient (Wildman–Crippen LogP) is 14.3. The molecule has 51 heavy (non-hydrogen) atoms. The minimum atomic E-state index is -0.144. The Hall–Kier alpha value is -5.96. The molecule has 8 aromatic carbocycles. The average Bonchev–Trinajstić information content (AvgIpc) is 3.65. The number of benzene rings is 8. The second-order valence-electron chi connectivity index (χ2n) is 14.2. The number of hydrogen-bond donors (Lipinski definition) is 0. The lowest BCUT2D eigenvalue weighted by Crippen LogP contribution is -2.17. The van der Waals surface area contributed by atoms with Crippen LogP contribution in [0, 0.1) is 0 Å². The third-order valence-electron chi connectivity index (χ3n) is 10.8. The quantitative estimate of drug-likeness (QED) is 0.176. The molecule has 0 atom stereocenters. The van der Waals surface area contributed by atoms with Crippen molar-refractivity contribution in [2.24, 2.45) is 0 Å². The number of fused-ring (bicyclic) bond motifs is 7. The number of hydrogen-bond acceptors (Lipinski definition) is 2. The second kappa shape index (κ2) is 11.6. The highest BCUT2D eigenvalue weighted by Gasteiger charge is 2.36. The van der Waals surface area contributed by atoms with Crippen LogP contribution in [-0.2, 0) is 5.41 Å². The van der Waals surface area contributed by atoms with Gasteiger partial charge in [-0.3, -0.25) is 0 Å². The zero-order valence-electron chi connectivity index (χ0n) is 28.6. The van der Waals surface area contributed by atoms with Crippen molar-refractivity contribution in [3.05, 3.63) is 187 Å². The Bertz CT molecular complexity index is 2790. The molecule has 0 saturated carbocycles. The molecule has 0 fully saturated rings. The van der Waals surface area contributed by atoms with E-state index < -0.39 is 0 Å². The molecule has 1 aliphatic carbocycles. The number of anilines is 3. The van der Waals surface area contributed by atoms with E-state index >= 15 is 0 Å². The molecule has 1 nitrogen and oxygen atoms in total. The molecule has 0 saturated heterocycles. The number of rotatable bonds is 5. The Labute approximate surface area is 302 Å². The van der Waals surface area contributed by atoms with E-state index in [0.717, 1.165) is 17.1 Å². The van der Waals surface area contributed by atoms with Crippen LogP contribution in [0.2, 0.25) is 0 Å². The molecule has 0 radical (unpaired) electrons. The minimum absolute atomic E-state index is 0.144. The molecule has 242 valence electrons. The summed E-state index contributed by atoms with van der Waals surface area (Å²) in [5.74, 6) is 0. The predicted molar refractivity (Wildman–Crippen MR) is 220 cm³/mol. The van der Waals surface area contributed by atoms with Gasteiger partial charge in [0.05, 0.1) is 5.69 Å². The van der Waals surface area contributed by atoms with Gasteiger partial charge < -0.3 is 4.90 Å². The summed E-state index contributed by atoms with van der Waals surface area (Å²) >= 11 is 1.87. The van der Waals surface area contributed by atoms with Gasteiger partial charge >= 0.3 is 0 Å². The smallest absolute Gasteiger partial charge is 0.0540 e. The van der Waals surface area contributed by atoms with Crippen LogP contribution in [0.1, 0.15) is 25.0 Å². The molecule has 9 aromatic rings. The largest absolute Gasteiger partial charge is 0.310 e. The Balaban J connectivity index is 1.18. The molecule has 0 spiro atoms. The van der Waals surface area contributed by atoms with Crippen LogP contribution in [0.3, 0.4) is 0 Å². The van der Waals surface area contributed by atoms with Crippen LogP contribution < -0.4 is 4.90 Å². The van der Waals surface area contributed by atoms with Crippen LogP contribution >= 0.6 is 11.3 Å². The lowest BCUT2D eigenvalue weighted by atomic mass is 9.81. The second-order valence-corrected chi connectivity index (χ2v) is 15.3. The van der Waals surface area contributed by atoms with Gasteiger partial charge in [0, 0.05) is 42.5 Å². The molecular formula is C49H35NS. The molecule has 10 rings (SSSR count). The van der Waals surface area contributed by atoms with Gasteiger partial charge in [-0.2, -0.15) is 0 Å². The third-order valence-corrected chi connectivity index (χ3v) is 12.0. The number of thiophene rings is 1. The van der Waals surface area contributed by atoms with Gasteiger partial charge in [-0.1, -0.05) is 135 Å². The lowest BCUT2D eigenvalue weighted by molar-refractivity contribution is 0.661. The molecule has 1 aromatic heterocycles. The first kappa shape index (κ1) is 29.9. The van der Waals surface area contributed by atoms with Gasteiger partial charge in [0.25, 0.3) is 0 Å². The topological polar surface area (TPSA) is 3.24 Å². The van der Waals surface area contributed by atoms with Crippen molar-refractivity contribution in [3.63, 3.8) is 0 Å². The van der Waals surface area contributed by atoms with E-state index in [4.69, 9.17) is 0 Å². The van der Waals surface area contributed by atoms with Crippen molar-refractivity contribution < 1.29 is 0 Å². The fourth-order valence-corrected chi connectivity index (χ4v) is 9.38. The molecule has 0 bridgehead atoms. The van der Waals surface area contributed by atoms with Crippen molar-refractivity contribution in [2.45, 2.75) is 19.3 Å². The third kappa shape index (κ3) is 4.82. The van der Waals surface area contributed by atoms with Gasteiger partial charge in [-0.15, -0.1) is 11.3 Å². The molecule has 0 aliphatic heterocycles. The van der Waals surface area contributed by atoms with Crippen molar-refractivity contribution in [3.8, 4) is 33.4 Å². The van der Waals surface area contributed by atoms with Crippen LogP contribution in [0.15, 0.2) is 176 Å². The van der Waals surface area contributed by atoms with Crippen molar-refractivity contribution in [1.82, 2.24) is 0 Å². The lowest BCUT2D eigenvalue weighted by Gasteiger charge is -2.30. The van der Waals surface area contributed by atoms with Gasteiger partial charge in [0.15, 0.2) is 0 Å². The van der Waals surface area contributed by atoms with E-state index in [-0.39, 0.29) is 5.41 Å². The van der Waals surface area contributed by atoms with Crippen molar-refractivity contribution in [1.29, 1.82) is 0 Å². The average molecular weight is 670 g/mol. The first-order valence-electron chi connectivity index (χ1n) is 17.7. The highest BCUT2D eigenvalue weighted by Crippen LogP contribution is 2.52. The highest BCUT2D eigenvalue weighted by atomic mass is 32.1. The molecule has 0 N–H and O–H groups in total. The zero-order chi connectivity index (χ0) is 34.1. The Kier molecular flexibility index (Phi) is 6.78. The number of nitrogens with zero attached hydrogens (tertiary/aromatic N) is 1. The minimum Gasteiger partial charge on any atom is -0.310 e. The fourth-order valence-electron chi connectivity index (χ4n) is 8.24. The normalized spacial score (nSPS) is 13.1. The summed E-state index contributed by atoms with van der Waals surface area (Å²) in [6, 6.07) is 64.9. The molecule has 2 heteroatoms. The highest BCUT2D eigenvalue weighted by molar-refractivity contribution is 7.25. The van der Waals surface area contributed by atoms with Gasteiger partial charge in [0.2, 0.25) is 0 Å².